The van der Waals surface area contributed by atoms with E-state index < -0.39 is 24.0 Å². The van der Waals surface area contributed by atoms with Crippen LogP contribution in [0.1, 0.15) is 36.4 Å². The van der Waals surface area contributed by atoms with Crippen molar-refractivity contribution in [2.75, 3.05) is 27.2 Å². The summed E-state index contributed by atoms with van der Waals surface area (Å²) in [5.41, 5.74) is 1.69. The number of nitrogens with one attached hydrogen (secondary N) is 2. The smallest absolute Gasteiger partial charge is 0.246 e. The topological polar surface area (TPSA) is 102 Å². The number of carbonyl (C=O) groups is 3. The summed E-state index contributed by atoms with van der Waals surface area (Å²) >= 11 is 0. The Morgan fingerprint density at radius 3 is 2.49 bits per heavy atom. The highest BCUT2D eigenvalue weighted by atomic mass is 16.3. The van der Waals surface area contributed by atoms with Crippen LogP contribution in [0.3, 0.4) is 0 Å². The van der Waals surface area contributed by atoms with E-state index in [4.69, 9.17) is 0 Å². The molecular weight excluding hydrogens is 444 g/mol. The lowest BCUT2D eigenvalue weighted by Crippen LogP contribution is -2.62. The van der Waals surface area contributed by atoms with Crippen LogP contribution in [0.15, 0.2) is 54.6 Å². The van der Waals surface area contributed by atoms with E-state index >= 15 is 0 Å². The lowest BCUT2D eigenvalue weighted by atomic mass is 9.92. The fourth-order valence-corrected chi connectivity index (χ4v) is 5.10. The average molecular weight is 479 g/mol. The van der Waals surface area contributed by atoms with Crippen molar-refractivity contribution in [1.29, 1.82) is 0 Å². The molecule has 2 heterocycles. The summed E-state index contributed by atoms with van der Waals surface area (Å²) in [7, 11) is 4.03. The molecule has 35 heavy (non-hydrogen) atoms. The maximum absolute atomic E-state index is 13.7. The van der Waals surface area contributed by atoms with Gasteiger partial charge in [-0.3, -0.25) is 14.4 Å². The number of hydrogen-bond acceptors (Lipinski definition) is 5. The highest BCUT2D eigenvalue weighted by Gasteiger charge is 2.54. The number of benzene rings is 2. The second-order valence-corrected chi connectivity index (χ2v) is 9.69. The number of fused-ring (bicyclic) bond motifs is 1. The average Bonchev–Trinajstić information content (AvgIpc) is 3.25. The number of carbonyl (C=O) groups excluding carboxylic acids is 3. The molecule has 0 saturated carbocycles. The van der Waals surface area contributed by atoms with Gasteiger partial charge < -0.3 is 25.5 Å². The van der Waals surface area contributed by atoms with Crippen molar-refractivity contribution in [3.05, 3.63) is 65.7 Å². The van der Waals surface area contributed by atoms with Gasteiger partial charge in [0, 0.05) is 13.0 Å². The number of phenols is 1. The highest BCUT2D eigenvalue weighted by molar-refractivity contribution is 5.99. The molecule has 2 aromatic carbocycles. The number of rotatable bonds is 9. The number of piperazine rings is 1. The molecule has 2 aliphatic rings. The number of nitrogens with zero attached hydrogens (tertiary/aromatic N) is 2. The molecule has 0 aliphatic carbocycles. The summed E-state index contributed by atoms with van der Waals surface area (Å²) in [6.45, 7) is 1.50. The molecule has 4 rings (SSSR count). The Morgan fingerprint density at radius 1 is 1.09 bits per heavy atom. The third-order valence-electron chi connectivity index (χ3n) is 6.85. The van der Waals surface area contributed by atoms with Crippen LogP contribution in [0.5, 0.6) is 5.75 Å². The molecule has 8 nitrogen and oxygen atoms in total. The van der Waals surface area contributed by atoms with Crippen LogP contribution in [0, 0.1) is 5.92 Å². The Balaban J connectivity index is 1.55. The molecule has 2 aromatic rings. The number of unbranched alkanes of at least 4 members (excludes halogenated alkanes) is 1. The van der Waals surface area contributed by atoms with E-state index in [2.05, 4.69) is 15.5 Å². The second-order valence-electron chi connectivity index (χ2n) is 9.69. The van der Waals surface area contributed by atoms with Gasteiger partial charge in [-0.25, -0.2) is 0 Å². The molecule has 8 heteroatoms. The molecule has 3 N–H and O–H groups in total. The van der Waals surface area contributed by atoms with Gasteiger partial charge in [0.2, 0.25) is 17.7 Å². The lowest BCUT2D eigenvalue weighted by Gasteiger charge is -2.38. The standard InChI is InChI=1S/C27H34N4O4/c1-30(2)15-7-6-14-28-25(33)21-17-23-26(34)29-22(16-18-8-4-3-5-9-18)27(35)31(23)24(21)19-10-12-20(32)13-11-19/h3-5,8-13,21-24,32H,6-7,14-17H2,1-2H3,(H,28,33)(H,29,34)/t21-,22+,23-,24-/m1/s1. The first-order valence-corrected chi connectivity index (χ1v) is 12.2. The Bertz CT molecular complexity index is 1040. The number of aromatic hydroxyl groups is 1. The monoisotopic (exact) mass is 478 g/mol. The van der Waals surface area contributed by atoms with Gasteiger partial charge in [0.15, 0.2) is 0 Å². The van der Waals surface area contributed by atoms with Gasteiger partial charge in [0.1, 0.15) is 17.8 Å². The van der Waals surface area contributed by atoms with Crippen LogP contribution in [0.25, 0.3) is 0 Å². The van der Waals surface area contributed by atoms with Gasteiger partial charge in [0.05, 0.1) is 12.0 Å². The van der Waals surface area contributed by atoms with E-state index in [0.29, 0.717) is 13.0 Å². The quantitative estimate of drug-likeness (QED) is 0.478. The maximum atomic E-state index is 13.7. The van der Waals surface area contributed by atoms with E-state index in [1.807, 2.05) is 44.4 Å². The fourth-order valence-electron chi connectivity index (χ4n) is 5.10. The van der Waals surface area contributed by atoms with Gasteiger partial charge in [-0.05, 0) is 63.2 Å². The summed E-state index contributed by atoms with van der Waals surface area (Å²) in [6.07, 6.45) is 2.48. The van der Waals surface area contributed by atoms with E-state index in [9.17, 15) is 19.5 Å². The molecule has 0 aromatic heterocycles. The molecule has 2 saturated heterocycles. The van der Waals surface area contributed by atoms with Gasteiger partial charge >= 0.3 is 0 Å². The first-order chi connectivity index (χ1) is 16.8. The summed E-state index contributed by atoms with van der Waals surface area (Å²) in [6, 6.07) is 14.2. The van der Waals surface area contributed by atoms with Crippen molar-refractivity contribution in [2.24, 2.45) is 5.92 Å². The van der Waals surface area contributed by atoms with E-state index in [1.54, 1.807) is 29.2 Å². The highest BCUT2D eigenvalue weighted by Crippen LogP contribution is 2.43. The third-order valence-corrected chi connectivity index (χ3v) is 6.85. The molecule has 0 radical (unpaired) electrons. The van der Waals surface area contributed by atoms with Crippen molar-refractivity contribution in [3.63, 3.8) is 0 Å². The van der Waals surface area contributed by atoms with Crippen LogP contribution in [-0.2, 0) is 20.8 Å². The van der Waals surface area contributed by atoms with E-state index in [-0.39, 0.29) is 29.9 Å². The van der Waals surface area contributed by atoms with Gasteiger partial charge in [-0.2, -0.15) is 0 Å². The minimum atomic E-state index is -0.696. The van der Waals surface area contributed by atoms with Gasteiger partial charge in [0.25, 0.3) is 0 Å². The molecule has 0 unspecified atom stereocenters. The SMILES string of the molecule is CN(C)CCCCNC(=O)[C@@H]1C[C@@H]2C(=O)N[C@@H](Cc3ccccc3)C(=O)N2[C@@H]1c1ccc(O)cc1. The zero-order valence-electron chi connectivity index (χ0n) is 20.3. The first-order valence-electron chi connectivity index (χ1n) is 12.2. The number of hydrogen-bond donors (Lipinski definition) is 3. The number of phenolic OH excluding ortho intramolecular Hbond substituents is 1. The van der Waals surface area contributed by atoms with Crippen LogP contribution >= 0.6 is 0 Å². The zero-order chi connectivity index (χ0) is 24.9. The summed E-state index contributed by atoms with van der Waals surface area (Å²) < 4.78 is 0. The Morgan fingerprint density at radius 2 is 1.80 bits per heavy atom. The Hall–Kier alpha value is -3.39. The van der Waals surface area contributed by atoms with E-state index in [0.717, 1.165) is 30.5 Å². The van der Waals surface area contributed by atoms with Gasteiger partial charge in [-0.15, -0.1) is 0 Å². The van der Waals surface area contributed by atoms with Crippen molar-refractivity contribution in [3.8, 4) is 5.75 Å². The number of amides is 3. The second kappa shape index (κ2) is 10.9. The fraction of sp³-hybridized carbons (Fsp3) is 0.444. The van der Waals surface area contributed by atoms with Crippen molar-refractivity contribution in [2.45, 2.75) is 43.8 Å². The van der Waals surface area contributed by atoms with Crippen LogP contribution in [-0.4, -0.2) is 71.9 Å². The predicted octanol–water partition coefficient (Wildman–Crippen LogP) is 1.85. The Labute approximate surface area is 206 Å². The zero-order valence-corrected chi connectivity index (χ0v) is 20.3. The molecule has 2 aliphatic heterocycles. The van der Waals surface area contributed by atoms with Crippen molar-refractivity contribution >= 4 is 17.7 Å². The summed E-state index contributed by atoms with van der Waals surface area (Å²) in [4.78, 5) is 43.8. The molecule has 2 fully saturated rings. The first kappa shape index (κ1) is 24.7. The molecule has 3 amide bonds. The molecule has 4 atom stereocenters. The van der Waals surface area contributed by atoms with Crippen LogP contribution in [0.2, 0.25) is 0 Å². The lowest BCUT2D eigenvalue weighted by molar-refractivity contribution is -0.149. The largest absolute Gasteiger partial charge is 0.508 e. The predicted molar refractivity (Wildman–Crippen MR) is 132 cm³/mol. The minimum absolute atomic E-state index is 0.106. The molecule has 0 bridgehead atoms. The van der Waals surface area contributed by atoms with Crippen molar-refractivity contribution < 1.29 is 19.5 Å². The van der Waals surface area contributed by atoms with Crippen LogP contribution in [0.4, 0.5) is 0 Å². The van der Waals surface area contributed by atoms with Crippen molar-refractivity contribution in [1.82, 2.24) is 20.4 Å². The molecule has 0 spiro atoms. The molecule has 186 valence electrons. The van der Waals surface area contributed by atoms with Gasteiger partial charge in [-0.1, -0.05) is 42.5 Å². The van der Waals surface area contributed by atoms with E-state index in [1.165, 1.54) is 0 Å². The summed E-state index contributed by atoms with van der Waals surface area (Å²) in [5, 5.41) is 15.7. The normalized spacial score (nSPS) is 23.8. The maximum Gasteiger partial charge on any atom is 0.246 e. The van der Waals surface area contributed by atoms with Crippen LogP contribution < -0.4 is 10.6 Å². The Kier molecular flexibility index (Phi) is 7.70. The molecular formula is C27H34N4O4. The summed E-state index contributed by atoms with van der Waals surface area (Å²) in [5.74, 6) is -1.01. The minimum Gasteiger partial charge on any atom is -0.508 e. The third kappa shape index (κ3) is 5.65.